The van der Waals surface area contributed by atoms with Crippen molar-refractivity contribution >= 4 is 34.4 Å². The Kier molecular flexibility index (Phi) is 3.60. The van der Waals surface area contributed by atoms with Crippen LogP contribution in [0.15, 0.2) is 12.3 Å². The summed E-state index contributed by atoms with van der Waals surface area (Å²) in [6, 6.07) is 1.69. The molecular weight excluding hydrogens is 290 g/mol. The highest BCUT2D eigenvalue weighted by Gasteiger charge is 2.18. The maximum absolute atomic E-state index is 8.39. The van der Waals surface area contributed by atoms with Crippen LogP contribution in [0.5, 0.6) is 0 Å². The van der Waals surface area contributed by atoms with Gasteiger partial charge in [-0.25, -0.2) is 9.97 Å². The molecule has 1 aliphatic rings. The second-order valence-corrected chi connectivity index (χ2v) is 5.37. The van der Waals surface area contributed by atoms with E-state index in [2.05, 4.69) is 15.3 Å². The Labute approximate surface area is 126 Å². The van der Waals surface area contributed by atoms with E-state index in [1.807, 2.05) is 4.90 Å². The van der Waals surface area contributed by atoms with Gasteiger partial charge in [0.2, 0.25) is 0 Å². The van der Waals surface area contributed by atoms with Crippen molar-refractivity contribution in [2.75, 3.05) is 31.1 Å². The van der Waals surface area contributed by atoms with Gasteiger partial charge in [-0.15, -0.1) is 0 Å². The van der Waals surface area contributed by atoms with E-state index >= 15 is 0 Å². The van der Waals surface area contributed by atoms with Gasteiger partial charge in [0.1, 0.15) is 5.84 Å². The maximum Gasteiger partial charge on any atom is 0.178 e. The third-order valence-corrected chi connectivity index (χ3v) is 3.66. The van der Waals surface area contributed by atoms with Gasteiger partial charge in [-0.2, -0.15) is 0 Å². The molecule has 3 rings (SSSR count). The normalized spacial score (nSPS) is 15.4. The van der Waals surface area contributed by atoms with E-state index in [1.54, 1.807) is 13.0 Å². The van der Waals surface area contributed by atoms with Crippen molar-refractivity contribution in [1.82, 2.24) is 19.9 Å². The summed E-state index contributed by atoms with van der Waals surface area (Å²) in [5.41, 5.74) is 1.27. The van der Waals surface area contributed by atoms with E-state index < -0.39 is 0 Å². The van der Waals surface area contributed by atoms with Crippen LogP contribution in [-0.4, -0.2) is 46.5 Å². The number of anilines is 1. The number of aromatic nitrogens is 3. The Morgan fingerprint density at radius 3 is 2.76 bits per heavy atom. The topological polar surface area (TPSA) is 93.7 Å². The zero-order valence-corrected chi connectivity index (χ0v) is 12.4. The molecule has 1 saturated heterocycles. The van der Waals surface area contributed by atoms with Crippen LogP contribution < -0.4 is 15.7 Å². The molecule has 3 heterocycles. The molecule has 2 aromatic rings. The van der Waals surface area contributed by atoms with E-state index in [0.717, 1.165) is 26.2 Å². The Morgan fingerprint density at radius 1 is 1.38 bits per heavy atom. The molecule has 0 unspecified atom stereocenters. The third kappa shape index (κ3) is 2.50. The summed E-state index contributed by atoms with van der Waals surface area (Å²) in [6.45, 7) is 4.93. The molecule has 3 N–H and O–H groups in total. The first-order valence-corrected chi connectivity index (χ1v) is 7.10. The van der Waals surface area contributed by atoms with E-state index in [1.165, 1.54) is 10.8 Å². The first-order chi connectivity index (χ1) is 10.1. The number of rotatable bonds is 1. The minimum Gasteiger partial charge on any atom is -0.351 e. The van der Waals surface area contributed by atoms with Crippen molar-refractivity contribution in [1.29, 1.82) is 10.8 Å². The van der Waals surface area contributed by atoms with Gasteiger partial charge in [0.05, 0.1) is 10.5 Å². The molecule has 8 heteroatoms. The first-order valence-electron chi connectivity index (χ1n) is 6.72. The van der Waals surface area contributed by atoms with E-state index in [0.29, 0.717) is 22.0 Å². The molecule has 0 atom stereocenters. The smallest absolute Gasteiger partial charge is 0.178 e. The van der Waals surface area contributed by atoms with Gasteiger partial charge >= 0.3 is 0 Å². The predicted octanol–water partition coefficient (Wildman–Crippen LogP) is 0.819. The summed E-state index contributed by atoms with van der Waals surface area (Å²) in [5.74, 6) is 0.804. The number of halogens is 1. The fraction of sp³-hybridized carbons (Fsp3) is 0.385. The van der Waals surface area contributed by atoms with Crippen molar-refractivity contribution in [3.8, 4) is 0 Å². The Balaban J connectivity index is 2.27. The molecule has 1 fully saturated rings. The number of fused-ring (bicyclic) bond motifs is 1. The number of hydrogen-bond donors (Lipinski definition) is 3. The van der Waals surface area contributed by atoms with Gasteiger partial charge < -0.3 is 10.2 Å². The fourth-order valence-corrected chi connectivity index (χ4v) is 2.64. The van der Waals surface area contributed by atoms with Crippen molar-refractivity contribution in [3.05, 3.63) is 22.8 Å². The average molecular weight is 306 g/mol. The van der Waals surface area contributed by atoms with Gasteiger partial charge in [0.25, 0.3) is 0 Å². The second kappa shape index (κ2) is 5.42. The zero-order valence-electron chi connectivity index (χ0n) is 11.6. The number of nitrogens with one attached hydrogen (secondary N) is 3. The summed E-state index contributed by atoms with van der Waals surface area (Å²) in [5, 5.41) is 20.1. The lowest BCUT2D eigenvalue weighted by atomic mass is 10.3. The molecule has 0 radical (unpaired) electrons. The monoisotopic (exact) mass is 305 g/mol. The molecule has 0 amide bonds. The standard InChI is InChI=1S/C13H16ClN7/c1-8(15)21-10-6-9(14)7-18-12(10)19-13(11(21)16)20-4-2-17-3-5-20/h6-7,15-17H,2-5H2,1H3. The number of hydrogen-bond acceptors (Lipinski definition) is 6. The summed E-state index contributed by atoms with van der Waals surface area (Å²) >= 11 is 5.98. The van der Waals surface area contributed by atoms with E-state index in [-0.39, 0.29) is 11.3 Å². The Bertz CT molecular complexity index is 761. The minimum atomic E-state index is 0.195. The van der Waals surface area contributed by atoms with Crippen molar-refractivity contribution < 1.29 is 0 Å². The Hall–Kier alpha value is -1.99. The van der Waals surface area contributed by atoms with Gasteiger partial charge in [0, 0.05) is 32.4 Å². The highest BCUT2D eigenvalue weighted by molar-refractivity contribution is 6.31. The number of piperazine rings is 1. The highest BCUT2D eigenvalue weighted by Crippen LogP contribution is 2.17. The zero-order chi connectivity index (χ0) is 15.0. The molecule has 0 aromatic carbocycles. The SMILES string of the molecule is CC(=N)n1c(=N)c(N2CCNCC2)nc2ncc(Cl)cc21. The fourth-order valence-electron chi connectivity index (χ4n) is 2.49. The third-order valence-electron chi connectivity index (χ3n) is 3.45. The average Bonchev–Trinajstić information content (AvgIpc) is 2.47. The quantitative estimate of drug-likeness (QED) is 0.537. The molecular formula is C13H16ClN7. The highest BCUT2D eigenvalue weighted by atomic mass is 35.5. The van der Waals surface area contributed by atoms with Crippen LogP contribution in [0.2, 0.25) is 5.02 Å². The van der Waals surface area contributed by atoms with Gasteiger partial charge in [0.15, 0.2) is 17.0 Å². The summed E-state index contributed by atoms with van der Waals surface area (Å²) in [4.78, 5) is 10.8. The summed E-state index contributed by atoms with van der Waals surface area (Å²) in [6.07, 6.45) is 1.53. The first kappa shape index (κ1) is 14.0. The summed E-state index contributed by atoms with van der Waals surface area (Å²) in [7, 11) is 0. The Morgan fingerprint density at radius 2 is 2.10 bits per heavy atom. The lowest BCUT2D eigenvalue weighted by molar-refractivity contribution is 0.581. The van der Waals surface area contributed by atoms with Crippen molar-refractivity contribution in [3.63, 3.8) is 0 Å². The van der Waals surface area contributed by atoms with Gasteiger partial charge in [-0.3, -0.25) is 15.4 Å². The van der Waals surface area contributed by atoms with Crippen LogP contribution in [0.1, 0.15) is 6.92 Å². The molecule has 2 aromatic heterocycles. The van der Waals surface area contributed by atoms with Gasteiger partial charge in [-0.05, 0) is 13.0 Å². The predicted molar refractivity (Wildman–Crippen MR) is 82.3 cm³/mol. The van der Waals surface area contributed by atoms with Crippen LogP contribution in [-0.2, 0) is 0 Å². The molecule has 21 heavy (non-hydrogen) atoms. The number of pyridine rings is 1. The van der Waals surface area contributed by atoms with E-state index in [4.69, 9.17) is 22.4 Å². The van der Waals surface area contributed by atoms with Crippen LogP contribution in [0.3, 0.4) is 0 Å². The lowest BCUT2D eigenvalue weighted by Gasteiger charge is -2.29. The molecule has 0 aliphatic carbocycles. The largest absolute Gasteiger partial charge is 0.351 e. The summed E-state index contributed by atoms with van der Waals surface area (Å²) < 4.78 is 1.53. The molecule has 1 aliphatic heterocycles. The molecule has 0 bridgehead atoms. The molecule has 0 spiro atoms. The maximum atomic E-state index is 8.39. The van der Waals surface area contributed by atoms with Crippen LogP contribution in [0.4, 0.5) is 5.82 Å². The van der Waals surface area contributed by atoms with E-state index in [9.17, 15) is 0 Å². The van der Waals surface area contributed by atoms with Crippen LogP contribution in [0, 0.1) is 10.8 Å². The van der Waals surface area contributed by atoms with Crippen LogP contribution >= 0.6 is 11.6 Å². The van der Waals surface area contributed by atoms with Crippen molar-refractivity contribution in [2.45, 2.75) is 6.92 Å². The molecule has 0 saturated carbocycles. The molecule has 7 nitrogen and oxygen atoms in total. The molecule has 110 valence electrons. The number of nitrogens with zero attached hydrogens (tertiary/aromatic N) is 4. The van der Waals surface area contributed by atoms with Crippen LogP contribution in [0.25, 0.3) is 11.2 Å². The van der Waals surface area contributed by atoms with Crippen molar-refractivity contribution in [2.24, 2.45) is 0 Å². The second-order valence-electron chi connectivity index (χ2n) is 4.94. The minimum absolute atomic E-state index is 0.195. The van der Waals surface area contributed by atoms with Gasteiger partial charge in [-0.1, -0.05) is 11.6 Å². The lowest BCUT2D eigenvalue weighted by Crippen LogP contribution is -2.47.